The third-order valence-corrected chi connectivity index (χ3v) is 18.3. The van der Waals surface area contributed by atoms with Crippen molar-refractivity contribution in [2.24, 2.45) is 10.8 Å². The van der Waals surface area contributed by atoms with Crippen LogP contribution in [0.4, 0.5) is 38.5 Å². The van der Waals surface area contributed by atoms with Gasteiger partial charge in [-0.1, -0.05) is 12.1 Å². The van der Waals surface area contributed by atoms with Crippen molar-refractivity contribution in [3.8, 4) is 11.5 Å². The van der Waals surface area contributed by atoms with Crippen LogP contribution in [0.3, 0.4) is 0 Å². The molecule has 1 atom stereocenters. The number of rotatable bonds is 13. The van der Waals surface area contributed by atoms with Gasteiger partial charge in [0.05, 0.1) is 50.6 Å². The number of nitrogens with zero attached hydrogens (tertiary/aromatic N) is 4. The van der Waals surface area contributed by atoms with Crippen molar-refractivity contribution in [2.75, 3.05) is 58.7 Å². The predicted octanol–water partition coefficient (Wildman–Crippen LogP) is 15.7. The lowest BCUT2D eigenvalue weighted by atomic mass is 9.58. The van der Waals surface area contributed by atoms with Gasteiger partial charge >= 0.3 is 24.1 Å². The number of hydrogen-bond acceptors (Lipinski definition) is 14. The second-order valence-electron chi connectivity index (χ2n) is 27.9. The van der Waals surface area contributed by atoms with Gasteiger partial charge < -0.3 is 39.1 Å². The minimum absolute atomic E-state index is 0.0324. The number of aromatic nitrogens is 2. The number of carbonyl (C=O) groups excluding carboxylic acids is 4. The number of likely N-dealkylation sites (tertiary alicyclic amines) is 2. The number of halogens is 4. The predicted molar refractivity (Wildman–Crippen MR) is 339 cm³/mol. The molecule has 0 radical (unpaired) electrons. The molecule has 20 heteroatoms. The summed E-state index contributed by atoms with van der Waals surface area (Å²) >= 11 is 0. The summed E-state index contributed by atoms with van der Waals surface area (Å²) in [6.45, 7) is 18.3. The van der Waals surface area contributed by atoms with E-state index in [0.29, 0.717) is 61.4 Å². The smallest absolute Gasteiger partial charge is 0.419 e. The highest BCUT2D eigenvalue weighted by Gasteiger charge is 2.59. The van der Waals surface area contributed by atoms with Crippen LogP contribution < -0.4 is 20.1 Å². The normalized spacial score (nSPS) is 19.9. The lowest BCUT2D eigenvalue weighted by Crippen LogP contribution is -2.53. The van der Waals surface area contributed by atoms with E-state index >= 15 is 0 Å². The zero-order valence-corrected chi connectivity index (χ0v) is 54.1. The number of piperidine rings is 2. The van der Waals surface area contributed by atoms with Gasteiger partial charge in [-0.05, 0) is 209 Å². The third kappa shape index (κ3) is 15.0. The number of ether oxygens (including phenoxy) is 6. The Morgan fingerprint density at radius 1 is 0.578 bits per heavy atom. The Morgan fingerprint density at radius 3 is 1.53 bits per heavy atom. The number of esters is 2. The van der Waals surface area contributed by atoms with Crippen LogP contribution >= 0.6 is 0 Å². The van der Waals surface area contributed by atoms with E-state index in [1.165, 1.54) is 27.1 Å². The molecular formula is C70H88F4N6O10. The maximum atomic E-state index is 14.3. The van der Waals surface area contributed by atoms with Crippen LogP contribution in [-0.2, 0) is 32.0 Å². The van der Waals surface area contributed by atoms with Crippen molar-refractivity contribution in [2.45, 2.75) is 187 Å². The molecule has 90 heavy (non-hydrogen) atoms. The van der Waals surface area contributed by atoms with E-state index in [1.807, 2.05) is 110 Å². The van der Waals surface area contributed by atoms with E-state index in [-0.39, 0.29) is 43.1 Å². The standard InChI is InChI=1S/C35H43F2N3O5.C24H32F2N2O3.C11H13NO2/c1-21-15-29(43-5)26(24-11-13-40(30(21)24)32(42)45-33(2,3)4)18-39-14-12-34(19-35(36,37)20-34)17-28(39)25-10-7-22(31(41)44-6)16-27(25)38-23-8-9-23;1-16-12-19(30-5)18(13-27-10-7-23(8-11-27)14-24(25,26)15-23)17-6-9-28(20(16)17)21(29)31-22(2,3)4;1-14-11(13)8-3-2-4-10(7-8)12-9-5-6-9/h7,10-11,13,15-16,23,28,38H,8-9,12,14,17-20H2,1-6H3;6,9,12H,7-8,10-11,13-15H2,1-5H3;2-4,7,9,12H,5-6H2,1H3. The van der Waals surface area contributed by atoms with Crippen molar-refractivity contribution in [3.63, 3.8) is 0 Å². The molecule has 6 fully saturated rings. The molecular weight excluding hydrogens is 1160 g/mol. The van der Waals surface area contributed by atoms with Crippen LogP contribution in [0.1, 0.15) is 173 Å². The average molecular weight is 1250 g/mol. The molecule has 2 N–H and O–H groups in total. The van der Waals surface area contributed by atoms with E-state index in [4.69, 9.17) is 23.7 Å². The molecule has 2 aliphatic heterocycles. The van der Waals surface area contributed by atoms with Gasteiger partial charge in [0.1, 0.15) is 22.7 Å². The fourth-order valence-electron chi connectivity index (χ4n) is 13.8. The lowest BCUT2D eigenvalue weighted by molar-refractivity contribution is -0.186. The van der Waals surface area contributed by atoms with Crippen LogP contribution in [0.25, 0.3) is 21.8 Å². The number of benzene rings is 4. The van der Waals surface area contributed by atoms with E-state index in [1.54, 1.807) is 47.9 Å². The van der Waals surface area contributed by atoms with E-state index in [2.05, 4.69) is 25.2 Å². The lowest BCUT2D eigenvalue weighted by Gasteiger charge is -2.55. The number of anilines is 2. The van der Waals surface area contributed by atoms with Crippen LogP contribution in [0.15, 0.2) is 79.1 Å². The number of hydrogen-bond donors (Lipinski definition) is 2. The Bertz CT molecular complexity index is 3640. The molecule has 2 saturated heterocycles. The first-order valence-electron chi connectivity index (χ1n) is 31.4. The molecule has 6 aliphatic rings. The van der Waals surface area contributed by atoms with Gasteiger partial charge in [0.25, 0.3) is 0 Å². The Kier molecular flexibility index (Phi) is 18.5. The minimum Gasteiger partial charge on any atom is -0.496 e. The van der Waals surface area contributed by atoms with Gasteiger partial charge in [-0.2, -0.15) is 0 Å². The number of carbonyl (C=O) groups is 4. The molecule has 4 saturated carbocycles. The van der Waals surface area contributed by atoms with Gasteiger partial charge in [0.2, 0.25) is 11.8 Å². The molecule has 486 valence electrons. The van der Waals surface area contributed by atoms with Gasteiger partial charge in [-0.25, -0.2) is 36.7 Å². The first-order valence-corrected chi connectivity index (χ1v) is 31.4. The largest absolute Gasteiger partial charge is 0.496 e. The number of aryl methyl sites for hydroxylation is 2. The summed E-state index contributed by atoms with van der Waals surface area (Å²) in [5.74, 6) is -4.33. The summed E-state index contributed by atoms with van der Waals surface area (Å²) in [6.07, 6.45) is 9.86. The number of fused-ring (bicyclic) bond motifs is 2. The highest BCUT2D eigenvalue weighted by molar-refractivity contribution is 5.96. The van der Waals surface area contributed by atoms with Crippen molar-refractivity contribution in [3.05, 3.63) is 118 Å². The summed E-state index contributed by atoms with van der Waals surface area (Å²) in [5, 5.41) is 8.76. The van der Waals surface area contributed by atoms with Crippen molar-refractivity contribution in [1.29, 1.82) is 0 Å². The Balaban J connectivity index is 0.000000170. The van der Waals surface area contributed by atoms with E-state index in [9.17, 15) is 36.7 Å². The number of methoxy groups -OCH3 is 4. The van der Waals surface area contributed by atoms with Gasteiger partial charge in [0.15, 0.2) is 0 Å². The highest BCUT2D eigenvalue weighted by atomic mass is 19.3. The minimum atomic E-state index is -2.63. The molecule has 4 aromatic carbocycles. The quantitative estimate of drug-likeness (QED) is 0.0638. The average Bonchev–Trinajstić information content (AvgIpc) is 1.08. The molecule has 6 aromatic rings. The fraction of sp³-hybridized carbons (Fsp3) is 0.543. The van der Waals surface area contributed by atoms with Crippen molar-refractivity contribution in [1.82, 2.24) is 18.9 Å². The summed E-state index contributed by atoms with van der Waals surface area (Å²) in [6, 6.07) is 21.4. The summed E-state index contributed by atoms with van der Waals surface area (Å²) < 4.78 is 91.1. The van der Waals surface area contributed by atoms with E-state index < -0.39 is 46.6 Å². The van der Waals surface area contributed by atoms with E-state index in [0.717, 1.165) is 106 Å². The maximum Gasteiger partial charge on any atom is 0.419 e. The fourth-order valence-corrected chi connectivity index (χ4v) is 13.8. The summed E-state index contributed by atoms with van der Waals surface area (Å²) in [7, 11) is 6.04. The number of nitrogens with one attached hydrogen (secondary N) is 2. The third-order valence-electron chi connectivity index (χ3n) is 18.3. The zero-order valence-electron chi connectivity index (χ0n) is 54.1. The molecule has 12 rings (SSSR count). The molecule has 4 heterocycles. The van der Waals surface area contributed by atoms with Gasteiger partial charge in [0, 0.05) is 103 Å². The second kappa shape index (κ2) is 25.4. The molecule has 16 nitrogen and oxygen atoms in total. The van der Waals surface area contributed by atoms with Crippen molar-refractivity contribution < 1.29 is 65.2 Å². The monoisotopic (exact) mass is 1250 g/mol. The zero-order chi connectivity index (χ0) is 64.9. The Labute approximate surface area is 525 Å². The SMILES string of the molecule is COC(=O)c1ccc(C2CC3(CCN2Cc2c(OC)cc(C)c4c2ccn4C(=O)OC(C)(C)C)CC(F)(F)C3)c(NC2CC2)c1.COC(=O)c1cccc(NC2CC2)c1.COc1cc(C)c2c(ccn2C(=O)OC(C)(C)C)c1CN1CCC2(CC1)CC(F)(F)C2. The molecule has 0 bridgehead atoms. The maximum absolute atomic E-state index is 14.3. The van der Waals surface area contributed by atoms with Gasteiger partial charge in [-0.3, -0.25) is 18.9 Å². The first-order chi connectivity index (χ1) is 42.4. The van der Waals surface area contributed by atoms with Crippen LogP contribution in [-0.4, -0.2) is 126 Å². The second-order valence-corrected chi connectivity index (χ2v) is 27.9. The van der Waals surface area contributed by atoms with Crippen molar-refractivity contribution >= 4 is 57.3 Å². The van der Waals surface area contributed by atoms with Crippen LogP contribution in [0.2, 0.25) is 0 Å². The molecule has 2 spiro atoms. The first kappa shape index (κ1) is 65.6. The summed E-state index contributed by atoms with van der Waals surface area (Å²) in [5.41, 5.74) is 7.33. The molecule has 1 unspecified atom stereocenters. The number of alkyl halides is 4. The Hall–Kier alpha value is -7.32. The topological polar surface area (TPSA) is 164 Å². The Morgan fingerprint density at radius 2 is 1.06 bits per heavy atom. The van der Waals surface area contributed by atoms with Crippen LogP contribution in [0, 0.1) is 24.7 Å². The molecule has 0 amide bonds. The summed E-state index contributed by atoms with van der Waals surface area (Å²) in [4.78, 5) is 54.2. The molecule has 4 aliphatic carbocycles. The highest BCUT2D eigenvalue weighted by Crippen LogP contribution is 2.61. The van der Waals surface area contributed by atoms with Crippen LogP contribution in [0.5, 0.6) is 11.5 Å². The molecule has 2 aromatic heterocycles. The van der Waals surface area contributed by atoms with Gasteiger partial charge in [-0.15, -0.1) is 0 Å².